The zero-order valence-electron chi connectivity index (χ0n) is 6.06. The van der Waals surface area contributed by atoms with Gasteiger partial charge in [0, 0.05) is 6.07 Å². The lowest BCUT2D eigenvalue weighted by atomic mass is 10.3. The maximum absolute atomic E-state index is 5.57. The molecule has 2 nitrogen and oxygen atoms in total. The quantitative estimate of drug-likeness (QED) is 0.745. The summed E-state index contributed by atoms with van der Waals surface area (Å²) in [6.45, 7) is 2.96. The van der Waals surface area contributed by atoms with Gasteiger partial charge in [0.2, 0.25) is 0 Å². The second-order valence-corrected chi connectivity index (χ2v) is 4.98. The maximum Gasteiger partial charge on any atom is 0.155 e. The van der Waals surface area contributed by atoms with E-state index in [-0.39, 0.29) is 6.10 Å². The van der Waals surface area contributed by atoms with E-state index in [4.69, 9.17) is 4.74 Å². The van der Waals surface area contributed by atoms with E-state index in [1.807, 2.05) is 6.07 Å². The Kier molecular flexibility index (Phi) is 1.81. The Bertz CT molecular complexity index is 273. The normalized spacial score (nSPS) is 21.8. The number of hydrogen-bond donors (Lipinski definition) is 1. The van der Waals surface area contributed by atoms with Crippen LogP contribution in [-0.4, -0.2) is 12.6 Å². The summed E-state index contributed by atoms with van der Waals surface area (Å²) in [5.41, 5.74) is 0. The summed E-state index contributed by atoms with van der Waals surface area (Å²) in [5, 5.41) is 4.43. The van der Waals surface area contributed by atoms with Gasteiger partial charge in [-0.1, -0.05) is 0 Å². The van der Waals surface area contributed by atoms with Crippen molar-refractivity contribution >= 4 is 32.3 Å². The van der Waals surface area contributed by atoms with Crippen molar-refractivity contribution < 1.29 is 4.74 Å². The monoisotopic (exact) mass is 233 g/mol. The zero-order chi connectivity index (χ0) is 7.84. The van der Waals surface area contributed by atoms with Crippen LogP contribution in [0, 0.1) is 0 Å². The van der Waals surface area contributed by atoms with Gasteiger partial charge in [0.05, 0.1) is 10.3 Å². The fourth-order valence-corrected chi connectivity index (χ4v) is 2.47. The van der Waals surface area contributed by atoms with Crippen LogP contribution in [0.2, 0.25) is 0 Å². The summed E-state index contributed by atoms with van der Waals surface area (Å²) < 4.78 is 6.69. The van der Waals surface area contributed by atoms with Gasteiger partial charge in [-0.2, -0.15) is 0 Å². The summed E-state index contributed by atoms with van der Waals surface area (Å²) >= 11 is 5.08. The van der Waals surface area contributed by atoms with E-state index < -0.39 is 0 Å². The van der Waals surface area contributed by atoms with E-state index in [1.165, 1.54) is 0 Å². The second-order valence-electron chi connectivity index (χ2n) is 2.55. The molecule has 1 aliphatic rings. The number of anilines is 1. The van der Waals surface area contributed by atoms with Crippen LogP contribution in [0.3, 0.4) is 0 Å². The average Bonchev–Trinajstić information content (AvgIpc) is 2.27. The molecule has 11 heavy (non-hydrogen) atoms. The molecule has 1 aromatic heterocycles. The molecule has 0 amide bonds. The Balaban J connectivity index is 2.34. The van der Waals surface area contributed by atoms with Crippen molar-refractivity contribution in [3.05, 3.63) is 9.85 Å². The molecule has 60 valence electrons. The molecule has 2 heterocycles. The van der Waals surface area contributed by atoms with Gasteiger partial charge in [0.25, 0.3) is 0 Å². The first-order valence-corrected chi connectivity index (χ1v) is 5.06. The number of ether oxygens (including phenoxy) is 1. The molecule has 4 heteroatoms. The average molecular weight is 234 g/mol. The standard InChI is InChI=1S/C7H8BrNOS/c1-4-3-9-7-5(10-4)2-6(8)11-7/h2,4,9H,3H2,1H3. The highest BCUT2D eigenvalue weighted by atomic mass is 79.9. The predicted octanol–water partition coefficient (Wildman–Crippen LogP) is 2.70. The topological polar surface area (TPSA) is 21.3 Å². The Labute approximate surface area is 77.7 Å². The number of hydrogen-bond acceptors (Lipinski definition) is 3. The van der Waals surface area contributed by atoms with Gasteiger partial charge < -0.3 is 10.1 Å². The highest BCUT2D eigenvalue weighted by Gasteiger charge is 2.17. The number of halogens is 1. The fraction of sp³-hybridized carbons (Fsp3) is 0.429. The summed E-state index contributed by atoms with van der Waals surface area (Å²) in [6.07, 6.45) is 0.281. The van der Waals surface area contributed by atoms with Crippen LogP contribution in [0.5, 0.6) is 5.75 Å². The molecule has 0 radical (unpaired) electrons. The second kappa shape index (κ2) is 2.68. The Morgan fingerprint density at radius 3 is 3.45 bits per heavy atom. The van der Waals surface area contributed by atoms with Crippen LogP contribution in [0.25, 0.3) is 0 Å². The van der Waals surface area contributed by atoms with Gasteiger partial charge >= 0.3 is 0 Å². The van der Waals surface area contributed by atoms with Gasteiger partial charge in [-0.25, -0.2) is 0 Å². The molecule has 0 spiro atoms. The smallest absolute Gasteiger partial charge is 0.155 e. The van der Waals surface area contributed by atoms with E-state index in [9.17, 15) is 0 Å². The molecule has 0 bridgehead atoms. The largest absolute Gasteiger partial charge is 0.486 e. The zero-order valence-corrected chi connectivity index (χ0v) is 8.46. The summed E-state index contributed by atoms with van der Waals surface area (Å²) in [4.78, 5) is 0. The predicted molar refractivity (Wildman–Crippen MR) is 50.6 cm³/mol. The molecule has 0 saturated carbocycles. The molecule has 1 atom stereocenters. The van der Waals surface area contributed by atoms with E-state index in [2.05, 4.69) is 28.2 Å². The molecule has 0 fully saturated rings. The number of rotatable bonds is 0. The molecular weight excluding hydrogens is 226 g/mol. The van der Waals surface area contributed by atoms with Crippen LogP contribution in [0.1, 0.15) is 6.92 Å². The maximum atomic E-state index is 5.57. The summed E-state index contributed by atoms with van der Waals surface area (Å²) in [5.74, 6) is 0.973. The third-order valence-electron chi connectivity index (χ3n) is 1.55. The van der Waals surface area contributed by atoms with Gasteiger partial charge in [-0.15, -0.1) is 11.3 Å². The SMILES string of the molecule is CC1CNc2sc(Br)cc2O1. The Morgan fingerprint density at radius 2 is 2.64 bits per heavy atom. The highest BCUT2D eigenvalue weighted by molar-refractivity contribution is 9.11. The first-order chi connectivity index (χ1) is 5.25. The van der Waals surface area contributed by atoms with Crippen molar-refractivity contribution in [1.29, 1.82) is 0 Å². The molecule has 0 aromatic carbocycles. The molecule has 2 rings (SSSR count). The lowest BCUT2D eigenvalue weighted by Crippen LogP contribution is -2.26. The van der Waals surface area contributed by atoms with Crippen LogP contribution in [0.4, 0.5) is 5.00 Å². The molecule has 1 N–H and O–H groups in total. The van der Waals surface area contributed by atoms with Crippen molar-refractivity contribution in [3.63, 3.8) is 0 Å². The van der Waals surface area contributed by atoms with Gasteiger partial charge in [-0.3, -0.25) is 0 Å². The van der Waals surface area contributed by atoms with Crippen molar-refractivity contribution in [1.82, 2.24) is 0 Å². The van der Waals surface area contributed by atoms with Gasteiger partial charge in [-0.05, 0) is 22.9 Å². The minimum atomic E-state index is 0.281. The number of nitrogens with one attached hydrogen (secondary N) is 1. The highest BCUT2D eigenvalue weighted by Crippen LogP contribution is 2.40. The van der Waals surface area contributed by atoms with E-state index in [0.717, 1.165) is 21.1 Å². The third kappa shape index (κ3) is 1.37. The first-order valence-electron chi connectivity index (χ1n) is 3.45. The van der Waals surface area contributed by atoms with Gasteiger partial charge in [0.15, 0.2) is 5.75 Å². The number of thiophene rings is 1. The Hall–Kier alpha value is -0.220. The van der Waals surface area contributed by atoms with Crippen molar-refractivity contribution in [2.45, 2.75) is 13.0 Å². The lowest BCUT2D eigenvalue weighted by molar-refractivity contribution is 0.227. The Morgan fingerprint density at radius 1 is 1.82 bits per heavy atom. The van der Waals surface area contributed by atoms with E-state index in [0.29, 0.717) is 0 Å². The van der Waals surface area contributed by atoms with Crippen molar-refractivity contribution in [2.75, 3.05) is 11.9 Å². The molecule has 1 aliphatic heterocycles. The molecule has 1 unspecified atom stereocenters. The summed E-state index contributed by atoms with van der Waals surface area (Å²) in [7, 11) is 0. The van der Waals surface area contributed by atoms with Crippen LogP contribution < -0.4 is 10.1 Å². The first kappa shape index (κ1) is 7.43. The van der Waals surface area contributed by atoms with Crippen molar-refractivity contribution in [3.8, 4) is 5.75 Å². The van der Waals surface area contributed by atoms with E-state index >= 15 is 0 Å². The molecule has 0 aliphatic carbocycles. The lowest BCUT2D eigenvalue weighted by Gasteiger charge is -2.21. The molecule has 0 saturated heterocycles. The minimum Gasteiger partial charge on any atom is -0.486 e. The third-order valence-corrected chi connectivity index (χ3v) is 3.12. The number of fused-ring (bicyclic) bond motifs is 1. The summed E-state index contributed by atoms with van der Waals surface area (Å²) in [6, 6.07) is 2.00. The molecular formula is C7H8BrNOS. The minimum absolute atomic E-state index is 0.281. The van der Waals surface area contributed by atoms with Crippen LogP contribution in [0.15, 0.2) is 9.85 Å². The van der Waals surface area contributed by atoms with Crippen LogP contribution in [-0.2, 0) is 0 Å². The molecule has 1 aromatic rings. The fourth-order valence-electron chi connectivity index (χ4n) is 1.05. The van der Waals surface area contributed by atoms with Gasteiger partial charge in [0.1, 0.15) is 11.1 Å². The van der Waals surface area contributed by atoms with E-state index in [1.54, 1.807) is 11.3 Å². The van der Waals surface area contributed by atoms with Crippen LogP contribution >= 0.6 is 27.3 Å². The van der Waals surface area contributed by atoms with Crippen molar-refractivity contribution in [2.24, 2.45) is 0 Å².